The van der Waals surface area contributed by atoms with E-state index in [-0.39, 0.29) is 0 Å². The first kappa shape index (κ1) is 10.1. The molecule has 2 rings (SSSR count). The molecule has 0 amide bonds. The van der Waals surface area contributed by atoms with Crippen molar-refractivity contribution >= 4 is 11.9 Å². The lowest BCUT2D eigenvalue weighted by atomic mass is 9.92. The molecule has 0 aromatic carbocycles. The maximum absolute atomic E-state index is 5.55. The Morgan fingerprint density at radius 2 is 1.93 bits per heavy atom. The minimum absolute atomic E-state index is 0.297. The van der Waals surface area contributed by atoms with Crippen molar-refractivity contribution in [2.75, 3.05) is 23.7 Å². The molecule has 0 bridgehead atoms. The van der Waals surface area contributed by atoms with Crippen molar-refractivity contribution in [2.24, 2.45) is 11.8 Å². The van der Waals surface area contributed by atoms with Gasteiger partial charge in [0, 0.05) is 13.1 Å². The fourth-order valence-corrected chi connectivity index (χ4v) is 2.28. The first-order valence-electron chi connectivity index (χ1n) is 5.34. The molecule has 5 heteroatoms. The fraction of sp³-hybridized carbons (Fsp3) is 0.700. The zero-order valence-corrected chi connectivity index (χ0v) is 9.22. The van der Waals surface area contributed by atoms with Crippen molar-refractivity contribution in [3.63, 3.8) is 0 Å². The Bertz CT molecular complexity index is 330. The maximum Gasteiger partial charge on any atom is 0.230 e. The van der Waals surface area contributed by atoms with Crippen molar-refractivity contribution in [2.45, 2.75) is 20.3 Å². The van der Waals surface area contributed by atoms with E-state index >= 15 is 0 Å². The van der Waals surface area contributed by atoms with E-state index in [1.807, 2.05) is 0 Å². The van der Waals surface area contributed by atoms with Crippen LogP contribution in [0, 0.1) is 11.8 Å². The Hall–Kier alpha value is -1.39. The van der Waals surface area contributed by atoms with Gasteiger partial charge in [0.15, 0.2) is 0 Å². The predicted octanol–water partition coefficient (Wildman–Crippen LogP) is 0.936. The predicted molar refractivity (Wildman–Crippen MR) is 59.4 cm³/mol. The number of hydrogen-bond acceptors (Lipinski definition) is 5. The quantitative estimate of drug-likeness (QED) is 0.742. The van der Waals surface area contributed by atoms with Crippen molar-refractivity contribution < 1.29 is 0 Å². The highest BCUT2D eigenvalue weighted by Gasteiger charge is 2.23. The molecule has 2 heterocycles. The first-order valence-corrected chi connectivity index (χ1v) is 5.34. The van der Waals surface area contributed by atoms with Crippen LogP contribution in [0.15, 0.2) is 6.33 Å². The van der Waals surface area contributed by atoms with Crippen molar-refractivity contribution in [3.8, 4) is 0 Å². The largest absolute Gasteiger partial charge is 0.368 e. The summed E-state index contributed by atoms with van der Waals surface area (Å²) in [5.74, 6) is 2.38. The van der Waals surface area contributed by atoms with E-state index in [2.05, 4.69) is 33.7 Å². The van der Waals surface area contributed by atoms with Gasteiger partial charge in [-0.25, -0.2) is 9.97 Å². The van der Waals surface area contributed by atoms with Gasteiger partial charge in [-0.05, 0) is 18.3 Å². The van der Waals surface area contributed by atoms with Gasteiger partial charge in [0.1, 0.15) is 6.33 Å². The van der Waals surface area contributed by atoms with Crippen LogP contribution in [0.3, 0.4) is 0 Å². The minimum atomic E-state index is 0.297. The normalized spacial score (nSPS) is 26.7. The third-order valence-corrected chi connectivity index (χ3v) is 2.73. The minimum Gasteiger partial charge on any atom is -0.368 e. The third kappa shape index (κ3) is 2.34. The van der Waals surface area contributed by atoms with Crippen LogP contribution in [0.25, 0.3) is 0 Å². The number of piperidine rings is 1. The molecule has 1 aromatic rings. The number of nitrogens with two attached hydrogens (primary N) is 1. The summed E-state index contributed by atoms with van der Waals surface area (Å²) in [7, 11) is 0. The molecule has 0 saturated carbocycles. The van der Waals surface area contributed by atoms with Crippen molar-refractivity contribution in [1.82, 2.24) is 15.0 Å². The lowest BCUT2D eigenvalue weighted by Crippen LogP contribution is -2.39. The van der Waals surface area contributed by atoms with Gasteiger partial charge in [0.05, 0.1) is 0 Å². The van der Waals surface area contributed by atoms with Gasteiger partial charge in [-0.15, -0.1) is 0 Å². The highest BCUT2D eigenvalue weighted by molar-refractivity contribution is 5.33. The molecular formula is C10H17N5. The molecule has 1 aromatic heterocycles. The smallest absolute Gasteiger partial charge is 0.230 e. The summed E-state index contributed by atoms with van der Waals surface area (Å²) >= 11 is 0. The molecule has 0 aliphatic carbocycles. The van der Waals surface area contributed by atoms with Crippen molar-refractivity contribution in [1.29, 1.82) is 0 Å². The van der Waals surface area contributed by atoms with Gasteiger partial charge >= 0.3 is 0 Å². The van der Waals surface area contributed by atoms with Crippen LogP contribution < -0.4 is 10.6 Å². The number of nitrogens with zero attached hydrogens (tertiary/aromatic N) is 4. The topological polar surface area (TPSA) is 67.9 Å². The summed E-state index contributed by atoms with van der Waals surface area (Å²) in [6.07, 6.45) is 2.75. The van der Waals surface area contributed by atoms with E-state index in [1.54, 1.807) is 0 Å². The van der Waals surface area contributed by atoms with E-state index in [1.165, 1.54) is 12.7 Å². The van der Waals surface area contributed by atoms with Gasteiger partial charge in [-0.1, -0.05) is 13.8 Å². The Labute approximate surface area is 89.7 Å². The summed E-state index contributed by atoms with van der Waals surface area (Å²) in [5.41, 5.74) is 5.55. The second kappa shape index (κ2) is 4.00. The van der Waals surface area contributed by atoms with Crippen LogP contribution in [0.5, 0.6) is 0 Å². The van der Waals surface area contributed by atoms with Gasteiger partial charge in [-0.3, -0.25) is 0 Å². The SMILES string of the molecule is CC1CC(C)CN(c2ncnc(N)n2)C1. The average molecular weight is 207 g/mol. The number of rotatable bonds is 1. The Kier molecular flexibility index (Phi) is 2.70. The number of nitrogen functional groups attached to an aromatic ring is 1. The number of anilines is 2. The van der Waals surface area contributed by atoms with Crippen LogP contribution >= 0.6 is 0 Å². The molecule has 1 fully saturated rings. The second-order valence-electron chi connectivity index (χ2n) is 4.49. The van der Waals surface area contributed by atoms with E-state index in [4.69, 9.17) is 5.73 Å². The molecular weight excluding hydrogens is 190 g/mol. The Morgan fingerprint density at radius 3 is 2.53 bits per heavy atom. The van der Waals surface area contributed by atoms with Crippen LogP contribution in [-0.4, -0.2) is 28.0 Å². The average Bonchev–Trinajstić information content (AvgIpc) is 2.16. The lowest BCUT2D eigenvalue weighted by Gasteiger charge is -2.34. The zero-order valence-electron chi connectivity index (χ0n) is 9.22. The van der Waals surface area contributed by atoms with Crippen LogP contribution in [0.4, 0.5) is 11.9 Å². The molecule has 2 N–H and O–H groups in total. The Balaban J connectivity index is 2.16. The maximum atomic E-state index is 5.55. The van der Waals surface area contributed by atoms with Gasteiger partial charge in [0.25, 0.3) is 0 Å². The zero-order chi connectivity index (χ0) is 10.8. The molecule has 0 radical (unpaired) electrons. The number of aromatic nitrogens is 3. The summed E-state index contributed by atoms with van der Waals surface area (Å²) in [4.78, 5) is 14.3. The molecule has 0 spiro atoms. The van der Waals surface area contributed by atoms with E-state index in [9.17, 15) is 0 Å². The van der Waals surface area contributed by atoms with Gasteiger partial charge in [-0.2, -0.15) is 4.98 Å². The molecule has 1 aliphatic heterocycles. The first-order chi connectivity index (χ1) is 7.15. The summed E-state index contributed by atoms with van der Waals surface area (Å²) in [6.45, 7) is 6.53. The Morgan fingerprint density at radius 1 is 1.27 bits per heavy atom. The fourth-order valence-electron chi connectivity index (χ4n) is 2.28. The second-order valence-corrected chi connectivity index (χ2v) is 4.49. The van der Waals surface area contributed by atoms with Crippen LogP contribution in [0.2, 0.25) is 0 Å². The van der Waals surface area contributed by atoms with Gasteiger partial charge < -0.3 is 10.6 Å². The lowest BCUT2D eigenvalue weighted by molar-refractivity contribution is 0.353. The standard InChI is InChI=1S/C10H17N5/c1-7-3-8(2)5-15(4-7)10-13-6-12-9(11)14-10/h6-8H,3-5H2,1-2H3,(H2,11,12,13,14). The van der Waals surface area contributed by atoms with E-state index in [0.29, 0.717) is 23.7 Å². The molecule has 15 heavy (non-hydrogen) atoms. The highest BCUT2D eigenvalue weighted by atomic mass is 15.3. The van der Waals surface area contributed by atoms with Crippen LogP contribution in [0.1, 0.15) is 20.3 Å². The summed E-state index contributed by atoms with van der Waals surface area (Å²) in [5, 5.41) is 0. The van der Waals surface area contributed by atoms with Crippen molar-refractivity contribution in [3.05, 3.63) is 6.33 Å². The third-order valence-electron chi connectivity index (χ3n) is 2.73. The molecule has 1 aliphatic rings. The monoisotopic (exact) mass is 207 g/mol. The molecule has 2 unspecified atom stereocenters. The number of hydrogen-bond donors (Lipinski definition) is 1. The van der Waals surface area contributed by atoms with Gasteiger partial charge in [0.2, 0.25) is 11.9 Å². The molecule has 5 nitrogen and oxygen atoms in total. The van der Waals surface area contributed by atoms with E-state index < -0.39 is 0 Å². The van der Waals surface area contributed by atoms with E-state index in [0.717, 1.165) is 13.1 Å². The summed E-state index contributed by atoms with van der Waals surface area (Å²) < 4.78 is 0. The molecule has 82 valence electrons. The summed E-state index contributed by atoms with van der Waals surface area (Å²) in [6, 6.07) is 0. The van der Waals surface area contributed by atoms with Crippen LogP contribution in [-0.2, 0) is 0 Å². The molecule has 2 atom stereocenters. The highest BCUT2D eigenvalue weighted by Crippen LogP contribution is 2.23. The molecule has 1 saturated heterocycles.